The number of hydrogen-bond acceptors (Lipinski definition) is 3. The van der Waals surface area contributed by atoms with Crippen LogP contribution in [0.3, 0.4) is 0 Å². The topological polar surface area (TPSA) is 66.6 Å². The Bertz CT molecular complexity index is 467. The number of benzene rings is 1. The minimum Gasteiger partial charge on any atom is -0.391 e. The molecular weight excluding hydrogens is 259 g/mol. The Morgan fingerprint density at radius 3 is 2.85 bits per heavy atom. The molecule has 1 amide bonds. The van der Waals surface area contributed by atoms with Crippen LogP contribution in [0.5, 0.6) is 0 Å². The molecule has 1 aliphatic heterocycles. The van der Waals surface area contributed by atoms with Gasteiger partial charge in [-0.3, -0.25) is 4.79 Å². The number of rotatable bonds is 5. The van der Waals surface area contributed by atoms with Crippen molar-refractivity contribution in [3.63, 3.8) is 0 Å². The third kappa shape index (κ3) is 4.02. The van der Waals surface area contributed by atoms with Gasteiger partial charge in [0.15, 0.2) is 0 Å². The molecule has 0 aliphatic carbocycles. The minimum absolute atomic E-state index is 0.0664. The zero-order valence-electron chi connectivity index (χ0n) is 11.5. The number of halogens is 1. The van der Waals surface area contributed by atoms with Crippen molar-refractivity contribution < 1.29 is 14.3 Å². The first-order chi connectivity index (χ1) is 9.56. The van der Waals surface area contributed by atoms with Gasteiger partial charge in [0.2, 0.25) is 5.91 Å². The van der Waals surface area contributed by atoms with Crippen LogP contribution in [0.2, 0.25) is 0 Å². The standard InChI is InChI=1S/C15H21FN2O2/c16-13-4-2-1-3-11(13)9-12-5-7-18(10-14(12)19)8-6-15(17)20/h1-4,12,14,19H,5-10H2,(H2,17,20)/t12-,14-/m1/s1. The van der Waals surface area contributed by atoms with E-state index in [1.54, 1.807) is 12.1 Å². The predicted octanol–water partition coefficient (Wildman–Crippen LogP) is 0.926. The van der Waals surface area contributed by atoms with Crippen LogP contribution in [0.4, 0.5) is 4.39 Å². The summed E-state index contributed by atoms with van der Waals surface area (Å²) in [6.45, 7) is 1.91. The number of piperidine rings is 1. The van der Waals surface area contributed by atoms with Crippen LogP contribution < -0.4 is 5.73 Å². The van der Waals surface area contributed by atoms with Crippen molar-refractivity contribution in [3.05, 3.63) is 35.6 Å². The Hall–Kier alpha value is -1.46. The molecule has 0 saturated carbocycles. The van der Waals surface area contributed by atoms with Crippen molar-refractivity contribution in [2.24, 2.45) is 11.7 Å². The summed E-state index contributed by atoms with van der Waals surface area (Å²) >= 11 is 0. The lowest BCUT2D eigenvalue weighted by molar-refractivity contribution is -0.118. The van der Waals surface area contributed by atoms with Gasteiger partial charge in [0.1, 0.15) is 5.82 Å². The molecule has 1 aromatic carbocycles. The Morgan fingerprint density at radius 1 is 1.45 bits per heavy atom. The molecule has 1 heterocycles. The second kappa shape index (κ2) is 6.81. The molecule has 5 heteroatoms. The second-order valence-electron chi connectivity index (χ2n) is 5.43. The molecule has 2 rings (SSSR count). The molecule has 0 spiro atoms. The number of nitrogens with zero attached hydrogens (tertiary/aromatic N) is 1. The highest BCUT2D eigenvalue weighted by molar-refractivity contribution is 5.73. The van der Waals surface area contributed by atoms with Gasteiger partial charge in [-0.1, -0.05) is 18.2 Å². The fourth-order valence-electron chi connectivity index (χ4n) is 2.70. The highest BCUT2D eigenvalue weighted by atomic mass is 19.1. The van der Waals surface area contributed by atoms with Gasteiger partial charge in [-0.05, 0) is 36.9 Å². The van der Waals surface area contributed by atoms with Crippen LogP contribution in [0.15, 0.2) is 24.3 Å². The highest BCUT2D eigenvalue weighted by Crippen LogP contribution is 2.23. The molecule has 1 aromatic rings. The predicted molar refractivity (Wildman–Crippen MR) is 74.5 cm³/mol. The number of aliphatic hydroxyl groups excluding tert-OH is 1. The molecule has 0 radical (unpaired) electrons. The van der Waals surface area contributed by atoms with E-state index in [1.165, 1.54) is 6.07 Å². The van der Waals surface area contributed by atoms with Gasteiger partial charge in [-0.2, -0.15) is 0 Å². The van der Waals surface area contributed by atoms with E-state index in [0.717, 1.165) is 13.0 Å². The first-order valence-corrected chi connectivity index (χ1v) is 6.98. The lowest BCUT2D eigenvalue weighted by Crippen LogP contribution is -2.45. The van der Waals surface area contributed by atoms with E-state index in [4.69, 9.17) is 5.73 Å². The molecule has 1 aliphatic rings. The third-order valence-electron chi connectivity index (χ3n) is 3.92. The number of amides is 1. The first-order valence-electron chi connectivity index (χ1n) is 6.98. The summed E-state index contributed by atoms with van der Waals surface area (Å²) in [5.74, 6) is -0.472. The van der Waals surface area contributed by atoms with Gasteiger partial charge in [0.05, 0.1) is 6.10 Å². The number of carbonyl (C=O) groups excluding carboxylic acids is 1. The molecule has 20 heavy (non-hydrogen) atoms. The van der Waals surface area contributed by atoms with Crippen molar-refractivity contribution in [2.45, 2.75) is 25.4 Å². The third-order valence-corrected chi connectivity index (χ3v) is 3.92. The quantitative estimate of drug-likeness (QED) is 0.843. The Labute approximate surface area is 118 Å². The van der Waals surface area contributed by atoms with Crippen LogP contribution in [0.1, 0.15) is 18.4 Å². The minimum atomic E-state index is -0.490. The molecule has 1 saturated heterocycles. The summed E-state index contributed by atoms with van der Waals surface area (Å²) in [5.41, 5.74) is 5.78. The smallest absolute Gasteiger partial charge is 0.218 e. The maximum absolute atomic E-state index is 13.6. The van der Waals surface area contributed by atoms with Crippen LogP contribution in [0, 0.1) is 11.7 Å². The Balaban J connectivity index is 1.87. The molecule has 3 N–H and O–H groups in total. The molecular formula is C15H21FN2O2. The van der Waals surface area contributed by atoms with E-state index >= 15 is 0 Å². The van der Waals surface area contributed by atoms with Gasteiger partial charge >= 0.3 is 0 Å². The van der Waals surface area contributed by atoms with Crippen molar-refractivity contribution in [2.75, 3.05) is 19.6 Å². The van der Waals surface area contributed by atoms with E-state index < -0.39 is 6.10 Å². The largest absolute Gasteiger partial charge is 0.391 e. The van der Waals surface area contributed by atoms with Crippen LogP contribution >= 0.6 is 0 Å². The first kappa shape index (κ1) is 14.9. The van der Waals surface area contributed by atoms with Gasteiger partial charge in [0, 0.05) is 19.5 Å². The summed E-state index contributed by atoms with van der Waals surface area (Å²) in [6.07, 6.45) is 1.17. The van der Waals surface area contributed by atoms with Gasteiger partial charge in [0.25, 0.3) is 0 Å². The maximum atomic E-state index is 13.6. The second-order valence-corrected chi connectivity index (χ2v) is 5.43. The molecule has 1 fully saturated rings. The summed E-state index contributed by atoms with van der Waals surface area (Å²) < 4.78 is 13.6. The molecule has 110 valence electrons. The Morgan fingerprint density at radius 2 is 2.20 bits per heavy atom. The van der Waals surface area contributed by atoms with Gasteiger partial charge in [-0.15, -0.1) is 0 Å². The lowest BCUT2D eigenvalue weighted by atomic mass is 9.87. The van der Waals surface area contributed by atoms with Crippen molar-refractivity contribution in [1.29, 1.82) is 0 Å². The van der Waals surface area contributed by atoms with Gasteiger partial charge in [-0.25, -0.2) is 4.39 Å². The van der Waals surface area contributed by atoms with E-state index in [1.807, 2.05) is 11.0 Å². The zero-order chi connectivity index (χ0) is 14.5. The molecule has 0 aromatic heterocycles. The lowest BCUT2D eigenvalue weighted by Gasteiger charge is -2.35. The van der Waals surface area contributed by atoms with Crippen LogP contribution in [0.25, 0.3) is 0 Å². The normalized spacial score (nSPS) is 23.7. The average molecular weight is 280 g/mol. The number of hydrogen-bond donors (Lipinski definition) is 2. The zero-order valence-corrected chi connectivity index (χ0v) is 11.5. The van der Waals surface area contributed by atoms with E-state index in [-0.39, 0.29) is 17.6 Å². The van der Waals surface area contributed by atoms with E-state index in [9.17, 15) is 14.3 Å². The number of aliphatic hydroxyl groups is 1. The number of β-amino-alcohol motifs (C(OH)–C–C–N with tert-alkyl or cyclic N) is 1. The van der Waals surface area contributed by atoms with Crippen LogP contribution in [-0.4, -0.2) is 41.7 Å². The maximum Gasteiger partial charge on any atom is 0.218 e. The van der Waals surface area contributed by atoms with Crippen molar-refractivity contribution in [3.8, 4) is 0 Å². The number of likely N-dealkylation sites (tertiary alicyclic amines) is 1. The highest BCUT2D eigenvalue weighted by Gasteiger charge is 2.28. The fourth-order valence-corrected chi connectivity index (χ4v) is 2.70. The summed E-state index contributed by atoms with van der Waals surface area (Å²) in [4.78, 5) is 12.8. The number of carbonyl (C=O) groups is 1. The average Bonchev–Trinajstić information content (AvgIpc) is 2.41. The molecule has 0 bridgehead atoms. The molecule has 0 unspecified atom stereocenters. The SMILES string of the molecule is NC(=O)CCN1CC[C@H](Cc2ccccc2F)[C@H](O)C1. The van der Waals surface area contributed by atoms with Gasteiger partial charge < -0.3 is 15.7 Å². The Kier molecular flexibility index (Phi) is 5.09. The van der Waals surface area contributed by atoms with Crippen molar-refractivity contribution in [1.82, 2.24) is 4.90 Å². The monoisotopic (exact) mass is 280 g/mol. The molecule has 2 atom stereocenters. The number of primary amides is 1. The summed E-state index contributed by atoms with van der Waals surface area (Å²) in [6, 6.07) is 6.69. The van der Waals surface area contributed by atoms with E-state index in [0.29, 0.717) is 31.5 Å². The fraction of sp³-hybridized carbons (Fsp3) is 0.533. The summed E-state index contributed by atoms with van der Waals surface area (Å²) in [7, 11) is 0. The molecule has 4 nitrogen and oxygen atoms in total. The number of nitrogens with two attached hydrogens (primary N) is 1. The van der Waals surface area contributed by atoms with Crippen molar-refractivity contribution >= 4 is 5.91 Å². The van der Waals surface area contributed by atoms with E-state index in [2.05, 4.69) is 0 Å². The summed E-state index contributed by atoms with van der Waals surface area (Å²) in [5, 5.41) is 10.2. The van der Waals surface area contributed by atoms with Crippen LogP contribution in [-0.2, 0) is 11.2 Å².